The Hall–Kier alpha value is -3.27. The van der Waals surface area contributed by atoms with Crippen LogP contribution in [0.5, 0.6) is 11.5 Å². The zero-order valence-electron chi connectivity index (χ0n) is 15.1. The number of methoxy groups -OCH3 is 1. The van der Waals surface area contributed by atoms with Crippen molar-refractivity contribution in [3.05, 3.63) is 95.6 Å². The van der Waals surface area contributed by atoms with E-state index in [9.17, 15) is 0 Å². The van der Waals surface area contributed by atoms with Crippen LogP contribution in [-0.2, 0) is 0 Å². The maximum Gasteiger partial charge on any atom is 0.213 e. The second-order valence-corrected chi connectivity index (χ2v) is 6.79. The largest absolute Gasteiger partial charge is 0.497 e. The molecule has 0 amide bonds. The third kappa shape index (κ3) is 2.74. The van der Waals surface area contributed by atoms with Crippen molar-refractivity contribution in [3.8, 4) is 11.5 Å². The van der Waals surface area contributed by atoms with Crippen LogP contribution >= 0.6 is 0 Å². The molecule has 3 aromatic carbocycles. The molecule has 0 aromatic heterocycles. The van der Waals surface area contributed by atoms with Crippen molar-refractivity contribution in [3.63, 3.8) is 0 Å². The summed E-state index contributed by atoms with van der Waals surface area (Å²) in [6.45, 7) is 0. The molecule has 27 heavy (non-hydrogen) atoms. The summed E-state index contributed by atoms with van der Waals surface area (Å²) in [5, 5.41) is 7.09. The lowest BCUT2D eigenvalue weighted by atomic mass is 9.96. The van der Waals surface area contributed by atoms with Crippen LogP contribution in [0, 0.1) is 0 Å². The van der Waals surface area contributed by atoms with Crippen LogP contribution in [0.4, 0.5) is 0 Å². The smallest absolute Gasteiger partial charge is 0.213 e. The van der Waals surface area contributed by atoms with Crippen molar-refractivity contribution < 1.29 is 9.47 Å². The predicted octanol–water partition coefficient (Wildman–Crippen LogP) is 4.94. The van der Waals surface area contributed by atoms with Gasteiger partial charge in [0.1, 0.15) is 11.5 Å². The third-order valence-corrected chi connectivity index (χ3v) is 5.21. The molecule has 0 aliphatic carbocycles. The number of fused-ring (bicyclic) bond motifs is 3. The number of nitrogens with zero attached hydrogens (tertiary/aromatic N) is 2. The summed E-state index contributed by atoms with van der Waals surface area (Å²) >= 11 is 0. The second-order valence-electron chi connectivity index (χ2n) is 6.79. The number of hydrazone groups is 1. The minimum absolute atomic E-state index is 0.178. The molecule has 134 valence electrons. The molecule has 0 radical (unpaired) electrons. The summed E-state index contributed by atoms with van der Waals surface area (Å²) in [6.07, 6.45) is 0.637. The number of hydrogen-bond acceptors (Lipinski definition) is 4. The van der Waals surface area contributed by atoms with Gasteiger partial charge in [-0.2, -0.15) is 5.10 Å². The van der Waals surface area contributed by atoms with Gasteiger partial charge < -0.3 is 9.47 Å². The molecule has 0 fully saturated rings. The highest BCUT2D eigenvalue weighted by Gasteiger charge is 2.40. The lowest BCUT2D eigenvalue weighted by Crippen LogP contribution is -2.33. The Morgan fingerprint density at radius 3 is 2.44 bits per heavy atom. The van der Waals surface area contributed by atoms with Crippen LogP contribution in [0.25, 0.3) is 0 Å². The van der Waals surface area contributed by atoms with Gasteiger partial charge in [-0.3, -0.25) is 0 Å². The van der Waals surface area contributed by atoms with Crippen LogP contribution in [0.1, 0.15) is 35.4 Å². The van der Waals surface area contributed by atoms with E-state index in [4.69, 9.17) is 14.6 Å². The van der Waals surface area contributed by atoms with Crippen LogP contribution in [0.2, 0.25) is 0 Å². The van der Waals surface area contributed by atoms with Gasteiger partial charge in [-0.05, 0) is 35.9 Å². The first-order chi connectivity index (χ1) is 13.3. The Kier molecular flexibility index (Phi) is 3.82. The fourth-order valence-corrected chi connectivity index (χ4v) is 3.83. The molecule has 2 heterocycles. The highest BCUT2D eigenvalue weighted by molar-refractivity contribution is 6.02. The number of benzene rings is 3. The molecule has 0 saturated carbocycles. The summed E-state index contributed by atoms with van der Waals surface area (Å²) < 4.78 is 11.6. The molecule has 0 unspecified atom stereocenters. The van der Waals surface area contributed by atoms with Gasteiger partial charge in [0.2, 0.25) is 6.23 Å². The average Bonchev–Trinajstić information content (AvgIpc) is 3.19. The van der Waals surface area contributed by atoms with Gasteiger partial charge in [0.05, 0.1) is 18.9 Å². The summed E-state index contributed by atoms with van der Waals surface area (Å²) in [5.41, 5.74) is 4.49. The molecule has 0 spiro atoms. The zero-order chi connectivity index (χ0) is 18.2. The fraction of sp³-hybridized carbons (Fsp3) is 0.174. The molecular weight excluding hydrogens is 336 g/mol. The van der Waals surface area contributed by atoms with Crippen molar-refractivity contribution in [2.75, 3.05) is 7.11 Å². The SMILES string of the molecule is COc1ccc(C2=NN3[C@H](C2)c2ccccc2O[C@H]3c2ccccc2)cc1. The molecule has 0 N–H and O–H groups in total. The lowest BCUT2D eigenvalue weighted by molar-refractivity contribution is -0.0190. The Labute approximate surface area is 158 Å². The standard InChI is InChI=1S/C23H20N2O2/c1-26-18-13-11-16(12-14-18)20-15-21-19-9-5-6-10-22(19)27-23(25(21)24-20)17-7-3-2-4-8-17/h2-14,21,23H,15H2,1H3/t21-,23+/m1/s1. The topological polar surface area (TPSA) is 34.1 Å². The average molecular weight is 356 g/mol. The van der Waals surface area contributed by atoms with Crippen LogP contribution < -0.4 is 9.47 Å². The van der Waals surface area contributed by atoms with E-state index in [1.54, 1.807) is 7.11 Å². The highest BCUT2D eigenvalue weighted by Crippen LogP contribution is 2.47. The molecule has 3 aromatic rings. The van der Waals surface area contributed by atoms with Crippen molar-refractivity contribution >= 4 is 5.71 Å². The summed E-state index contributed by atoms with van der Waals surface area (Å²) in [6, 6.07) is 26.8. The van der Waals surface area contributed by atoms with Crippen molar-refractivity contribution in [1.82, 2.24) is 5.01 Å². The first-order valence-corrected chi connectivity index (χ1v) is 9.14. The molecule has 5 rings (SSSR count). The van der Waals surface area contributed by atoms with E-state index in [0.29, 0.717) is 0 Å². The van der Waals surface area contributed by atoms with Gasteiger partial charge in [0.15, 0.2) is 0 Å². The van der Waals surface area contributed by atoms with Crippen molar-refractivity contribution in [2.24, 2.45) is 5.10 Å². The van der Waals surface area contributed by atoms with E-state index in [1.807, 2.05) is 42.5 Å². The van der Waals surface area contributed by atoms with E-state index >= 15 is 0 Å². The molecule has 4 nitrogen and oxygen atoms in total. The molecule has 0 saturated heterocycles. The van der Waals surface area contributed by atoms with Gasteiger partial charge in [0, 0.05) is 17.5 Å². The lowest BCUT2D eigenvalue weighted by Gasteiger charge is -2.38. The van der Waals surface area contributed by atoms with Gasteiger partial charge in [-0.15, -0.1) is 0 Å². The van der Waals surface area contributed by atoms with Crippen molar-refractivity contribution in [2.45, 2.75) is 18.7 Å². The van der Waals surface area contributed by atoms with E-state index in [0.717, 1.165) is 34.8 Å². The molecule has 2 aliphatic rings. The van der Waals surface area contributed by atoms with E-state index < -0.39 is 0 Å². The molecule has 2 aliphatic heterocycles. The number of ether oxygens (including phenoxy) is 2. The second kappa shape index (κ2) is 6.47. The molecular formula is C23H20N2O2. The van der Waals surface area contributed by atoms with Gasteiger partial charge >= 0.3 is 0 Å². The first-order valence-electron chi connectivity index (χ1n) is 9.14. The molecule has 0 bridgehead atoms. The van der Waals surface area contributed by atoms with Gasteiger partial charge in [0.25, 0.3) is 0 Å². The van der Waals surface area contributed by atoms with Gasteiger partial charge in [-0.25, -0.2) is 5.01 Å². The number of rotatable bonds is 3. The minimum Gasteiger partial charge on any atom is -0.497 e. The van der Waals surface area contributed by atoms with E-state index in [1.165, 1.54) is 5.56 Å². The Balaban J connectivity index is 1.56. The zero-order valence-corrected chi connectivity index (χ0v) is 15.1. The highest BCUT2D eigenvalue weighted by atomic mass is 16.5. The number of hydrogen-bond donors (Lipinski definition) is 0. The quantitative estimate of drug-likeness (QED) is 0.667. The minimum atomic E-state index is -0.221. The first kappa shape index (κ1) is 15.9. The summed E-state index contributed by atoms with van der Waals surface area (Å²) in [4.78, 5) is 0. The Morgan fingerprint density at radius 2 is 1.67 bits per heavy atom. The van der Waals surface area contributed by atoms with E-state index in [2.05, 4.69) is 41.4 Å². The fourth-order valence-electron chi connectivity index (χ4n) is 3.83. The number of para-hydroxylation sites is 1. The Bertz CT molecular complexity index is 983. The normalized spacial score (nSPS) is 20.3. The van der Waals surface area contributed by atoms with Crippen LogP contribution in [-0.4, -0.2) is 17.8 Å². The van der Waals surface area contributed by atoms with Crippen LogP contribution in [0.3, 0.4) is 0 Å². The molecule has 4 heteroatoms. The van der Waals surface area contributed by atoms with Crippen LogP contribution in [0.15, 0.2) is 84.0 Å². The summed E-state index contributed by atoms with van der Waals surface area (Å²) in [7, 11) is 1.68. The third-order valence-electron chi connectivity index (χ3n) is 5.21. The van der Waals surface area contributed by atoms with Gasteiger partial charge in [-0.1, -0.05) is 48.5 Å². The van der Waals surface area contributed by atoms with E-state index in [-0.39, 0.29) is 12.3 Å². The van der Waals surface area contributed by atoms with Crippen molar-refractivity contribution in [1.29, 1.82) is 0 Å². The monoisotopic (exact) mass is 356 g/mol. The summed E-state index contributed by atoms with van der Waals surface area (Å²) in [5.74, 6) is 1.80. The Morgan fingerprint density at radius 1 is 0.926 bits per heavy atom. The maximum atomic E-state index is 6.35. The molecule has 2 atom stereocenters. The maximum absolute atomic E-state index is 6.35. The predicted molar refractivity (Wildman–Crippen MR) is 105 cm³/mol.